The molecule has 2 aromatic heterocycles. The maximum absolute atomic E-state index is 14.9. The number of thiocarbonyl (C=S) groups is 1. The van der Waals surface area contributed by atoms with Gasteiger partial charge in [0.1, 0.15) is 17.7 Å². The number of carbonyl (C=O) groups is 2. The smallest absolute Gasteiger partial charge is 0.316 e. The van der Waals surface area contributed by atoms with Crippen LogP contribution < -0.4 is 20.1 Å². The fraction of sp³-hybridized carbons (Fsp3) is 0.222. The molecule has 4 aromatic rings. The van der Waals surface area contributed by atoms with Gasteiger partial charge >= 0.3 is 5.97 Å². The average Bonchev–Trinajstić information content (AvgIpc) is 3.17. The first-order valence-electron chi connectivity index (χ1n) is 11.8. The maximum Gasteiger partial charge on any atom is 0.316 e. The molecule has 2 N–H and O–H groups in total. The standard InChI is InChI=1S/C27H25F2N5O4S/c1-15-21(38-25(36)27(2,3)4)13-34-23(15)24(30-14-31-34)37-20-10-9-18(12-19(20)29)32-26(39)33-22(35)11-16-5-7-17(28)8-6-16/h5-10,12-14H,11H2,1-4H3,(H2,32,33,35,39). The molecule has 4 rings (SSSR count). The van der Waals surface area contributed by atoms with E-state index >= 15 is 0 Å². The molecule has 2 aromatic carbocycles. The van der Waals surface area contributed by atoms with Crippen molar-refractivity contribution >= 4 is 40.4 Å². The van der Waals surface area contributed by atoms with Gasteiger partial charge in [-0.05, 0) is 69.7 Å². The topological polar surface area (TPSA) is 107 Å². The molecular formula is C27H25F2N5O4S. The number of amides is 1. The Labute approximate surface area is 228 Å². The second kappa shape index (κ2) is 11.1. The molecule has 0 aliphatic rings. The van der Waals surface area contributed by atoms with Crippen molar-refractivity contribution in [1.82, 2.24) is 19.9 Å². The fourth-order valence-electron chi connectivity index (χ4n) is 3.42. The fourth-order valence-corrected chi connectivity index (χ4v) is 3.65. The number of aromatic nitrogens is 3. The molecule has 202 valence electrons. The van der Waals surface area contributed by atoms with E-state index in [0.717, 1.165) is 6.07 Å². The van der Waals surface area contributed by atoms with E-state index in [1.807, 2.05) is 0 Å². The van der Waals surface area contributed by atoms with Crippen molar-refractivity contribution in [2.75, 3.05) is 5.32 Å². The number of esters is 1. The summed E-state index contributed by atoms with van der Waals surface area (Å²) >= 11 is 5.14. The van der Waals surface area contributed by atoms with Crippen molar-refractivity contribution in [2.24, 2.45) is 5.41 Å². The Morgan fingerprint density at radius 3 is 2.46 bits per heavy atom. The minimum atomic E-state index is -0.721. The molecule has 0 radical (unpaired) electrons. The minimum absolute atomic E-state index is 0.00703. The third kappa shape index (κ3) is 6.71. The molecule has 1 amide bonds. The molecule has 0 spiro atoms. The maximum atomic E-state index is 14.9. The highest BCUT2D eigenvalue weighted by atomic mass is 32.1. The summed E-state index contributed by atoms with van der Waals surface area (Å²) in [7, 11) is 0. The highest BCUT2D eigenvalue weighted by molar-refractivity contribution is 7.80. The van der Waals surface area contributed by atoms with Crippen LogP contribution in [0.15, 0.2) is 55.0 Å². The van der Waals surface area contributed by atoms with Crippen LogP contribution in [0, 0.1) is 24.0 Å². The lowest BCUT2D eigenvalue weighted by Gasteiger charge is -2.15. The third-order valence-corrected chi connectivity index (χ3v) is 5.69. The predicted octanol–water partition coefficient (Wildman–Crippen LogP) is 5.12. The third-order valence-electron chi connectivity index (χ3n) is 5.49. The van der Waals surface area contributed by atoms with Crippen LogP contribution in [-0.2, 0) is 16.0 Å². The molecule has 2 heterocycles. The monoisotopic (exact) mass is 553 g/mol. The molecular weight excluding hydrogens is 528 g/mol. The van der Waals surface area contributed by atoms with E-state index in [1.165, 1.54) is 53.4 Å². The van der Waals surface area contributed by atoms with Crippen LogP contribution >= 0.6 is 12.2 Å². The number of carbonyl (C=O) groups excluding carboxylic acids is 2. The van der Waals surface area contributed by atoms with Gasteiger partial charge < -0.3 is 20.1 Å². The number of aryl methyl sites for hydroxylation is 1. The van der Waals surface area contributed by atoms with Gasteiger partial charge in [0.25, 0.3) is 0 Å². The van der Waals surface area contributed by atoms with Gasteiger partial charge in [-0.3, -0.25) is 9.59 Å². The van der Waals surface area contributed by atoms with E-state index in [4.69, 9.17) is 21.7 Å². The molecule has 12 heteroatoms. The van der Waals surface area contributed by atoms with Crippen LogP contribution in [0.1, 0.15) is 31.9 Å². The molecule has 0 atom stereocenters. The molecule has 0 unspecified atom stereocenters. The summed E-state index contributed by atoms with van der Waals surface area (Å²) in [6.07, 6.45) is 2.75. The Hall–Kier alpha value is -4.45. The number of rotatable bonds is 6. The van der Waals surface area contributed by atoms with E-state index in [9.17, 15) is 18.4 Å². The Balaban J connectivity index is 1.44. The number of anilines is 1. The average molecular weight is 554 g/mol. The number of fused-ring (bicyclic) bond motifs is 1. The Morgan fingerprint density at radius 1 is 1.08 bits per heavy atom. The molecule has 0 saturated heterocycles. The number of nitrogens with zero attached hydrogens (tertiary/aromatic N) is 3. The first-order valence-corrected chi connectivity index (χ1v) is 12.2. The van der Waals surface area contributed by atoms with Crippen molar-refractivity contribution < 1.29 is 27.8 Å². The molecule has 0 aliphatic heterocycles. The summed E-state index contributed by atoms with van der Waals surface area (Å²) < 4.78 is 40.7. The lowest BCUT2D eigenvalue weighted by atomic mass is 9.97. The minimum Gasteiger partial charge on any atom is -0.434 e. The van der Waals surface area contributed by atoms with Crippen LogP contribution in [0.4, 0.5) is 14.5 Å². The van der Waals surface area contributed by atoms with Gasteiger partial charge in [-0.2, -0.15) is 10.1 Å². The zero-order valence-corrected chi connectivity index (χ0v) is 22.4. The Morgan fingerprint density at radius 2 is 1.79 bits per heavy atom. The van der Waals surface area contributed by atoms with E-state index in [2.05, 4.69) is 20.7 Å². The molecule has 9 nitrogen and oxygen atoms in total. The predicted molar refractivity (Wildman–Crippen MR) is 144 cm³/mol. The summed E-state index contributed by atoms with van der Waals surface area (Å²) in [6, 6.07) is 9.55. The van der Waals surface area contributed by atoms with Gasteiger partial charge in [0.2, 0.25) is 11.8 Å². The summed E-state index contributed by atoms with van der Waals surface area (Å²) in [5.74, 6) is -1.73. The summed E-state index contributed by atoms with van der Waals surface area (Å²) in [5, 5.41) is 9.32. The van der Waals surface area contributed by atoms with Crippen LogP contribution in [0.25, 0.3) is 5.52 Å². The van der Waals surface area contributed by atoms with Crippen molar-refractivity contribution in [3.05, 3.63) is 77.8 Å². The molecule has 0 aliphatic carbocycles. The van der Waals surface area contributed by atoms with Gasteiger partial charge in [-0.1, -0.05) is 12.1 Å². The van der Waals surface area contributed by atoms with Gasteiger partial charge in [0.15, 0.2) is 22.4 Å². The lowest BCUT2D eigenvalue weighted by molar-refractivity contribution is -0.143. The lowest BCUT2D eigenvalue weighted by Crippen LogP contribution is -2.35. The second-order valence-electron chi connectivity index (χ2n) is 9.67. The highest BCUT2D eigenvalue weighted by Crippen LogP contribution is 2.34. The number of ether oxygens (including phenoxy) is 2. The number of benzene rings is 2. The number of hydrogen-bond donors (Lipinski definition) is 2. The van der Waals surface area contributed by atoms with Crippen LogP contribution in [0.3, 0.4) is 0 Å². The first-order chi connectivity index (χ1) is 18.4. The number of halogens is 2. The second-order valence-corrected chi connectivity index (χ2v) is 10.1. The normalized spacial score (nSPS) is 11.2. The largest absolute Gasteiger partial charge is 0.434 e. The van der Waals surface area contributed by atoms with Crippen molar-refractivity contribution in [2.45, 2.75) is 34.1 Å². The van der Waals surface area contributed by atoms with Crippen LogP contribution in [0.2, 0.25) is 0 Å². The Kier molecular flexibility index (Phi) is 7.86. The highest BCUT2D eigenvalue weighted by Gasteiger charge is 2.26. The van der Waals surface area contributed by atoms with Gasteiger partial charge in [-0.25, -0.2) is 13.3 Å². The van der Waals surface area contributed by atoms with Crippen molar-refractivity contribution in [3.63, 3.8) is 0 Å². The van der Waals surface area contributed by atoms with Crippen LogP contribution in [-0.4, -0.2) is 31.6 Å². The van der Waals surface area contributed by atoms with Gasteiger partial charge in [0, 0.05) is 17.3 Å². The zero-order chi connectivity index (χ0) is 28.3. The molecule has 0 saturated carbocycles. The quantitative estimate of drug-likeness (QED) is 0.251. The molecule has 39 heavy (non-hydrogen) atoms. The van der Waals surface area contributed by atoms with E-state index in [-0.39, 0.29) is 34.6 Å². The van der Waals surface area contributed by atoms with Crippen molar-refractivity contribution in [1.29, 1.82) is 0 Å². The molecule has 0 fully saturated rings. The number of nitrogens with one attached hydrogen (secondary N) is 2. The SMILES string of the molecule is Cc1c(OC(=O)C(C)(C)C)cn2ncnc(Oc3ccc(NC(=S)NC(=O)Cc4ccc(F)cc4)cc3F)c12. The van der Waals surface area contributed by atoms with E-state index in [1.54, 1.807) is 27.7 Å². The Bertz CT molecular complexity index is 1570. The zero-order valence-electron chi connectivity index (χ0n) is 21.5. The summed E-state index contributed by atoms with van der Waals surface area (Å²) in [4.78, 5) is 28.7. The van der Waals surface area contributed by atoms with E-state index in [0.29, 0.717) is 16.6 Å². The summed E-state index contributed by atoms with van der Waals surface area (Å²) in [6.45, 7) is 6.94. The van der Waals surface area contributed by atoms with Gasteiger partial charge in [-0.15, -0.1) is 0 Å². The van der Waals surface area contributed by atoms with Gasteiger partial charge in [0.05, 0.1) is 18.0 Å². The number of hydrogen-bond acceptors (Lipinski definition) is 7. The summed E-state index contributed by atoms with van der Waals surface area (Å²) in [5.41, 5.74) is 1.12. The van der Waals surface area contributed by atoms with Crippen LogP contribution in [0.5, 0.6) is 17.4 Å². The molecule has 0 bridgehead atoms. The first kappa shape index (κ1) is 27.6. The van der Waals surface area contributed by atoms with E-state index < -0.39 is 28.9 Å². The van der Waals surface area contributed by atoms with Crippen molar-refractivity contribution in [3.8, 4) is 17.4 Å².